The Morgan fingerprint density at radius 1 is 1.13 bits per heavy atom. The zero-order valence-electron chi connectivity index (χ0n) is 37.0. The first-order chi connectivity index (χ1) is 28.5. The number of ketones is 2. The number of aromatic nitrogens is 3. The number of hydrogen-bond donors (Lipinski definition) is 2. The van der Waals surface area contributed by atoms with Crippen LogP contribution in [0.3, 0.4) is 0 Å². The number of likely N-dealkylation sites (N-methyl/N-ethyl adjacent to an activating group) is 1. The largest absolute Gasteiger partial charge is 0.455 e. The molecule has 0 bridgehead atoms. The van der Waals surface area contributed by atoms with Crippen molar-refractivity contribution >= 4 is 29.3 Å². The first-order valence-electron chi connectivity index (χ1n) is 20.6. The number of esters is 2. The van der Waals surface area contributed by atoms with Crippen LogP contribution in [0, 0.1) is 29.6 Å². The molecule has 1 unspecified atom stereocenters. The van der Waals surface area contributed by atoms with E-state index in [0.717, 1.165) is 6.92 Å². The number of hydrogen-bond acceptors (Lipinski definition) is 17. The summed E-state index contributed by atoms with van der Waals surface area (Å²) in [5, 5.41) is 19.5. The number of aliphatic hydroxyl groups is 1. The molecule has 0 aromatic carbocycles. The maximum atomic E-state index is 17.0. The zero-order chi connectivity index (χ0) is 45.4. The number of fused-ring (bicyclic) bond motifs is 1. The molecular weight excluding hydrogens is 799 g/mol. The summed E-state index contributed by atoms with van der Waals surface area (Å²) in [7, 11) is 4.97. The molecule has 3 aliphatic heterocycles. The number of amidine groups is 1. The van der Waals surface area contributed by atoms with E-state index in [-0.39, 0.29) is 30.6 Å². The summed E-state index contributed by atoms with van der Waals surface area (Å²) < 4.78 is 52.4. The minimum atomic E-state index is -3.25. The fraction of sp³-hybridized carbons (Fsp3) is 0.714. The highest BCUT2D eigenvalue weighted by molar-refractivity contribution is 6.08. The van der Waals surface area contributed by atoms with E-state index in [2.05, 4.69) is 20.3 Å². The average molecular weight is 861 g/mol. The number of alkyl halides is 1. The number of nitrogens with zero attached hydrogens (tertiary/aromatic N) is 5. The zero-order valence-corrected chi connectivity index (χ0v) is 37.0. The van der Waals surface area contributed by atoms with E-state index in [0.29, 0.717) is 23.4 Å². The number of nitrogens with two attached hydrogens (primary N) is 1. The summed E-state index contributed by atoms with van der Waals surface area (Å²) >= 11 is 0. The lowest BCUT2D eigenvalue weighted by Gasteiger charge is -2.47. The molecule has 0 spiro atoms. The molecule has 19 heteroatoms. The monoisotopic (exact) mass is 860 g/mol. The minimum absolute atomic E-state index is 0.0201. The smallest absolute Gasteiger partial charge is 0.351 e. The third-order valence-electron chi connectivity index (χ3n) is 12.9. The van der Waals surface area contributed by atoms with Gasteiger partial charge in [-0.2, -0.15) is 0 Å². The molecular formula is C42H61FN6O12. The maximum absolute atomic E-state index is 17.0. The van der Waals surface area contributed by atoms with Crippen molar-refractivity contribution < 1.29 is 61.7 Å². The molecule has 2 aromatic heterocycles. The van der Waals surface area contributed by atoms with Gasteiger partial charge in [-0.05, 0) is 68.0 Å². The summed E-state index contributed by atoms with van der Waals surface area (Å²) in [5.74, 6) is -10.2. The molecule has 5 rings (SSSR count). The predicted molar refractivity (Wildman–Crippen MR) is 215 cm³/mol. The van der Waals surface area contributed by atoms with Gasteiger partial charge in [-0.3, -0.25) is 14.4 Å². The summed E-state index contributed by atoms with van der Waals surface area (Å²) in [6.45, 7) is 13.6. The number of rotatable bonds is 10. The van der Waals surface area contributed by atoms with Crippen LogP contribution in [-0.4, -0.2) is 129 Å². The van der Waals surface area contributed by atoms with Crippen molar-refractivity contribution in [2.45, 2.75) is 141 Å². The van der Waals surface area contributed by atoms with Crippen LogP contribution in [0.15, 0.2) is 34.5 Å². The van der Waals surface area contributed by atoms with Gasteiger partial charge in [0, 0.05) is 54.6 Å². The van der Waals surface area contributed by atoms with Crippen LogP contribution in [0.25, 0.3) is 11.3 Å². The molecule has 3 aliphatic rings. The van der Waals surface area contributed by atoms with Crippen LogP contribution in [0.2, 0.25) is 0 Å². The lowest BCUT2D eigenvalue weighted by Crippen LogP contribution is -2.61. The Kier molecular flexibility index (Phi) is 14.4. The molecule has 15 atom stereocenters. The fourth-order valence-corrected chi connectivity index (χ4v) is 9.41. The van der Waals surface area contributed by atoms with E-state index in [9.17, 15) is 24.3 Å². The first-order valence-corrected chi connectivity index (χ1v) is 20.6. The van der Waals surface area contributed by atoms with Gasteiger partial charge in [0.05, 0.1) is 23.5 Å². The Morgan fingerprint density at radius 2 is 1.82 bits per heavy atom. The van der Waals surface area contributed by atoms with Gasteiger partial charge in [0.15, 0.2) is 29.6 Å². The van der Waals surface area contributed by atoms with Crippen LogP contribution < -0.4 is 5.73 Å². The highest BCUT2D eigenvalue weighted by atomic mass is 19.1. The van der Waals surface area contributed by atoms with E-state index >= 15 is 4.39 Å². The van der Waals surface area contributed by atoms with E-state index in [4.69, 9.17) is 38.8 Å². The maximum Gasteiger partial charge on any atom is 0.351 e. The highest BCUT2D eigenvalue weighted by Crippen LogP contribution is 2.48. The van der Waals surface area contributed by atoms with Crippen molar-refractivity contribution in [3.63, 3.8) is 0 Å². The normalized spacial score (nSPS) is 38.7. The Balaban J connectivity index is 1.56. The summed E-state index contributed by atoms with van der Waals surface area (Å²) in [4.78, 5) is 73.1. The molecule has 3 saturated heterocycles. The van der Waals surface area contributed by atoms with Gasteiger partial charge in [0.2, 0.25) is 0 Å². The lowest BCUT2D eigenvalue weighted by molar-refractivity contribution is -0.295. The number of carbonyl (C=O) groups is 4. The van der Waals surface area contributed by atoms with Crippen LogP contribution >= 0.6 is 0 Å². The molecule has 0 saturated carbocycles. The summed E-state index contributed by atoms with van der Waals surface area (Å²) in [5.41, 5.74) is 1.33. The van der Waals surface area contributed by atoms with Gasteiger partial charge in [0.25, 0.3) is 5.67 Å². The van der Waals surface area contributed by atoms with Gasteiger partial charge >= 0.3 is 11.9 Å². The van der Waals surface area contributed by atoms with Crippen molar-refractivity contribution in [2.75, 3.05) is 21.2 Å². The van der Waals surface area contributed by atoms with Crippen molar-refractivity contribution in [1.29, 1.82) is 0 Å². The van der Waals surface area contributed by atoms with Gasteiger partial charge < -0.3 is 48.8 Å². The third-order valence-corrected chi connectivity index (χ3v) is 12.9. The predicted octanol–water partition coefficient (Wildman–Crippen LogP) is 3.75. The number of carbonyl (C=O) groups excluding carboxylic acids is 4. The Labute approximate surface area is 355 Å². The van der Waals surface area contributed by atoms with Crippen LogP contribution in [-0.2, 0) is 47.7 Å². The van der Waals surface area contributed by atoms with Crippen LogP contribution in [0.1, 0.15) is 93.4 Å². The number of ether oxygens (including phenoxy) is 5. The number of Topliss-reactive ketones (excluding diaryl/α,β-unsaturated/α-hetero) is 2. The molecule has 2 aromatic rings. The van der Waals surface area contributed by atoms with E-state index in [1.54, 1.807) is 54.8 Å². The van der Waals surface area contributed by atoms with Crippen LogP contribution in [0.5, 0.6) is 0 Å². The van der Waals surface area contributed by atoms with Gasteiger partial charge in [0.1, 0.15) is 42.2 Å². The van der Waals surface area contributed by atoms with E-state index in [1.807, 2.05) is 11.8 Å². The molecule has 338 valence electrons. The van der Waals surface area contributed by atoms with E-state index < -0.39 is 101 Å². The topological polar surface area (TPSA) is 237 Å². The molecule has 0 radical (unpaired) electrons. The number of cyclic esters (lactones) is 1. The van der Waals surface area contributed by atoms with Crippen molar-refractivity contribution in [1.82, 2.24) is 20.0 Å². The Bertz CT molecular complexity index is 1930. The molecule has 0 aliphatic carbocycles. The molecule has 0 amide bonds. The second-order valence-corrected chi connectivity index (χ2v) is 17.5. The number of oxime groups is 1. The lowest BCUT2D eigenvalue weighted by atomic mass is 9.67. The number of methoxy groups -OCH3 is 1. The van der Waals surface area contributed by atoms with Crippen molar-refractivity contribution in [2.24, 2.45) is 40.5 Å². The molecule has 3 fully saturated rings. The Hall–Kier alpha value is -4.43. The summed E-state index contributed by atoms with van der Waals surface area (Å²) in [6.07, 6.45) is -1.86. The standard InChI is InChI=1S/C42H61FN6O12/c1-13-28-42(9)30(29(37(53)60-42)36(44)48-61-24(6)31-25(18-45-19-46-31)26-14-15-56-47-26)22(4)32(50)20(2)17-40(7,55-12)35(23(5)34(52)41(8,43)39(54)58-28)59-38-33(51)27(49(10)11)16-21(3)57-38/h14-15,18-24,27-30,33,35,38,51H,13,16-17H2,1-12H3,(H2,44,48)/t20-,21-,22-,23+,24+,27+,28+,29-,30+,33-,35-,38?,40-,41+,42-/m1/s1. The second-order valence-electron chi connectivity index (χ2n) is 17.5. The molecule has 3 N–H and O–H groups in total. The molecule has 61 heavy (non-hydrogen) atoms. The van der Waals surface area contributed by atoms with Gasteiger partial charge in [-0.15, -0.1) is 0 Å². The second kappa shape index (κ2) is 18.5. The average Bonchev–Trinajstić information content (AvgIpc) is 3.86. The van der Waals surface area contributed by atoms with Crippen molar-refractivity contribution in [3.05, 3.63) is 30.5 Å². The van der Waals surface area contributed by atoms with Crippen molar-refractivity contribution in [3.8, 4) is 11.3 Å². The van der Waals surface area contributed by atoms with Crippen LogP contribution in [0.4, 0.5) is 4.39 Å². The Morgan fingerprint density at radius 3 is 2.43 bits per heavy atom. The number of halogens is 1. The molecule has 5 heterocycles. The van der Waals surface area contributed by atoms with Gasteiger partial charge in [-0.1, -0.05) is 38.0 Å². The SMILES string of the molecule is CC[C@@H]1OC(=O)[C@@](C)(F)C(=O)[C@H](C)[C@@H](OC2O[C@H](C)C[C@H](N(C)C)[C@H]2O)[C@](C)(OC)C[C@@H](C)C(=O)[C@H](C)[C@H]2[C@H](/C(N)=N/O[C@@H](C)c3ncncc3-c3ccon3)C(=O)O[C@@]21C. The minimum Gasteiger partial charge on any atom is -0.455 e. The highest BCUT2D eigenvalue weighted by Gasteiger charge is 2.63. The molecule has 18 nitrogen and oxygen atoms in total. The van der Waals surface area contributed by atoms with E-state index in [1.165, 1.54) is 39.7 Å². The first kappa shape index (κ1) is 47.6. The quantitative estimate of drug-likeness (QED) is 0.114. The number of aliphatic hydroxyl groups excluding tert-OH is 1. The fourth-order valence-electron chi connectivity index (χ4n) is 9.41. The summed E-state index contributed by atoms with van der Waals surface area (Å²) in [6, 6.07) is 1.22. The van der Waals surface area contributed by atoms with Gasteiger partial charge in [-0.25, -0.2) is 19.2 Å². The third kappa shape index (κ3) is 9.21.